The molecule has 16 heavy (non-hydrogen) atoms. The first-order valence-corrected chi connectivity index (χ1v) is 6.08. The molecule has 0 aliphatic heterocycles. The Kier molecular flexibility index (Phi) is 3.36. The molecule has 0 amide bonds. The highest BCUT2D eigenvalue weighted by Crippen LogP contribution is 2.14. The van der Waals surface area contributed by atoms with Crippen LogP contribution >= 0.6 is 11.3 Å². The minimum atomic E-state index is 0.790. The first-order chi connectivity index (χ1) is 7.68. The molecule has 0 saturated carbocycles. The maximum absolute atomic E-state index is 5.11. The van der Waals surface area contributed by atoms with E-state index in [0.717, 1.165) is 35.8 Å². The monoisotopic (exact) mass is 237 g/mol. The fourth-order valence-corrected chi connectivity index (χ4v) is 2.30. The Morgan fingerprint density at radius 3 is 2.62 bits per heavy atom. The molecule has 0 aromatic carbocycles. The summed E-state index contributed by atoms with van der Waals surface area (Å²) in [5.74, 6) is 0.894. The lowest BCUT2D eigenvalue weighted by molar-refractivity contribution is 0.392. The van der Waals surface area contributed by atoms with Crippen LogP contribution in [0.2, 0.25) is 0 Å². The van der Waals surface area contributed by atoms with Crippen molar-refractivity contribution in [3.05, 3.63) is 33.1 Å². The number of rotatable bonds is 4. The van der Waals surface area contributed by atoms with Crippen molar-refractivity contribution in [2.75, 3.05) is 0 Å². The Morgan fingerprint density at radius 2 is 2.06 bits per heavy atom. The molecule has 0 unspecified atom stereocenters. The van der Waals surface area contributed by atoms with Crippen molar-refractivity contribution in [1.29, 1.82) is 0 Å². The van der Waals surface area contributed by atoms with Crippen molar-refractivity contribution in [3.8, 4) is 0 Å². The summed E-state index contributed by atoms with van der Waals surface area (Å²) in [6.45, 7) is 7.57. The number of nitrogens with one attached hydrogen (secondary N) is 1. The van der Waals surface area contributed by atoms with Crippen molar-refractivity contribution in [3.63, 3.8) is 0 Å². The van der Waals surface area contributed by atoms with Gasteiger partial charge in [-0.3, -0.25) is 0 Å². The predicted molar refractivity (Wildman–Crippen MR) is 63.4 cm³/mol. The number of aryl methyl sites for hydroxylation is 3. The van der Waals surface area contributed by atoms with E-state index in [-0.39, 0.29) is 0 Å². The van der Waals surface area contributed by atoms with Gasteiger partial charge in [0.1, 0.15) is 5.76 Å². The molecule has 2 aromatic rings. The average molecular weight is 237 g/mol. The topological polar surface area (TPSA) is 51.0 Å². The average Bonchev–Trinajstić information content (AvgIpc) is 2.79. The smallest absolute Gasteiger partial charge is 0.138 e. The van der Waals surface area contributed by atoms with Crippen molar-refractivity contribution >= 4 is 11.3 Å². The van der Waals surface area contributed by atoms with Gasteiger partial charge in [-0.05, 0) is 20.8 Å². The molecule has 0 fully saturated rings. The minimum Gasteiger partial charge on any atom is -0.361 e. The van der Waals surface area contributed by atoms with Crippen LogP contribution in [0.5, 0.6) is 0 Å². The van der Waals surface area contributed by atoms with E-state index in [4.69, 9.17) is 4.52 Å². The van der Waals surface area contributed by atoms with Gasteiger partial charge in [-0.2, -0.15) is 0 Å². The normalized spacial score (nSPS) is 10.9. The maximum Gasteiger partial charge on any atom is 0.138 e. The van der Waals surface area contributed by atoms with E-state index in [0.29, 0.717) is 0 Å². The highest BCUT2D eigenvalue weighted by atomic mass is 32.1. The molecule has 2 rings (SSSR count). The standard InChI is InChI=1S/C11H15N3OS/c1-7-10(9(3)15-14-7)4-12-5-11-8(2)13-6-16-11/h6,12H,4-5H2,1-3H3. The van der Waals surface area contributed by atoms with Gasteiger partial charge in [-0.1, -0.05) is 5.16 Å². The van der Waals surface area contributed by atoms with Crippen LogP contribution in [0.25, 0.3) is 0 Å². The molecule has 1 N–H and O–H groups in total. The highest BCUT2D eigenvalue weighted by Gasteiger charge is 2.08. The number of hydrogen-bond donors (Lipinski definition) is 1. The summed E-state index contributed by atoms with van der Waals surface area (Å²) < 4.78 is 5.11. The van der Waals surface area contributed by atoms with Crippen LogP contribution in [0.4, 0.5) is 0 Å². The Hall–Kier alpha value is -1.20. The van der Waals surface area contributed by atoms with Gasteiger partial charge in [0.2, 0.25) is 0 Å². The second-order valence-corrected chi connectivity index (χ2v) is 4.71. The van der Waals surface area contributed by atoms with Crippen molar-refractivity contribution in [1.82, 2.24) is 15.5 Å². The summed E-state index contributed by atoms with van der Waals surface area (Å²) in [5.41, 5.74) is 5.10. The van der Waals surface area contributed by atoms with E-state index in [1.807, 2.05) is 26.3 Å². The second-order valence-electron chi connectivity index (χ2n) is 3.77. The Morgan fingerprint density at radius 1 is 1.25 bits per heavy atom. The van der Waals surface area contributed by atoms with Crippen molar-refractivity contribution < 1.29 is 4.52 Å². The van der Waals surface area contributed by atoms with E-state index >= 15 is 0 Å². The SMILES string of the molecule is Cc1ncsc1CNCc1c(C)noc1C. The summed E-state index contributed by atoms with van der Waals surface area (Å²) in [4.78, 5) is 5.50. The van der Waals surface area contributed by atoms with Crippen LogP contribution in [0.3, 0.4) is 0 Å². The zero-order chi connectivity index (χ0) is 11.5. The van der Waals surface area contributed by atoms with E-state index in [1.165, 1.54) is 4.88 Å². The zero-order valence-corrected chi connectivity index (χ0v) is 10.5. The van der Waals surface area contributed by atoms with Gasteiger partial charge in [0, 0.05) is 23.5 Å². The van der Waals surface area contributed by atoms with Crippen molar-refractivity contribution in [2.24, 2.45) is 0 Å². The Labute approximate surface area is 98.7 Å². The largest absolute Gasteiger partial charge is 0.361 e. The molecular formula is C11H15N3OS. The number of aromatic nitrogens is 2. The third-order valence-electron chi connectivity index (χ3n) is 2.61. The lowest BCUT2D eigenvalue weighted by Crippen LogP contribution is -2.13. The van der Waals surface area contributed by atoms with Crippen LogP contribution in [0, 0.1) is 20.8 Å². The number of nitrogens with zero attached hydrogens (tertiary/aromatic N) is 2. The maximum atomic E-state index is 5.11. The summed E-state index contributed by atoms with van der Waals surface area (Å²) in [6, 6.07) is 0. The van der Waals surface area contributed by atoms with E-state index in [2.05, 4.69) is 15.5 Å². The third-order valence-corrected chi connectivity index (χ3v) is 3.55. The summed E-state index contributed by atoms with van der Waals surface area (Å²) in [7, 11) is 0. The molecule has 0 radical (unpaired) electrons. The first-order valence-electron chi connectivity index (χ1n) is 5.20. The van der Waals surface area contributed by atoms with Crippen LogP contribution in [-0.2, 0) is 13.1 Å². The van der Waals surface area contributed by atoms with Gasteiger partial charge in [0.15, 0.2) is 0 Å². The van der Waals surface area contributed by atoms with Gasteiger partial charge in [0.05, 0.1) is 16.9 Å². The van der Waals surface area contributed by atoms with E-state index in [1.54, 1.807) is 11.3 Å². The minimum absolute atomic E-state index is 0.790. The number of thiazole rings is 1. The van der Waals surface area contributed by atoms with Crippen LogP contribution in [-0.4, -0.2) is 10.1 Å². The van der Waals surface area contributed by atoms with E-state index in [9.17, 15) is 0 Å². The third kappa shape index (κ3) is 2.31. The molecule has 0 aliphatic rings. The summed E-state index contributed by atoms with van der Waals surface area (Å²) >= 11 is 1.68. The molecule has 0 aliphatic carbocycles. The second kappa shape index (κ2) is 4.76. The lowest BCUT2D eigenvalue weighted by atomic mass is 10.2. The van der Waals surface area contributed by atoms with Crippen LogP contribution in [0.15, 0.2) is 10.0 Å². The van der Waals surface area contributed by atoms with Gasteiger partial charge >= 0.3 is 0 Å². The van der Waals surface area contributed by atoms with Crippen LogP contribution in [0.1, 0.15) is 27.6 Å². The Balaban J connectivity index is 1.92. The van der Waals surface area contributed by atoms with Gasteiger partial charge in [-0.15, -0.1) is 11.3 Å². The molecule has 0 saturated heterocycles. The quantitative estimate of drug-likeness (QED) is 0.886. The molecule has 5 heteroatoms. The van der Waals surface area contributed by atoms with Gasteiger partial charge < -0.3 is 9.84 Å². The lowest BCUT2D eigenvalue weighted by Gasteiger charge is -2.02. The van der Waals surface area contributed by atoms with Crippen molar-refractivity contribution in [2.45, 2.75) is 33.9 Å². The fourth-order valence-electron chi connectivity index (χ4n) is 1.55. The molecule has 0 spiro atoms. The first kappa shape index (κ1) is 11.3. The fraction of sp³-hybridized carbons (Fsp3) is 0.455. The Bertz CT molecular complexity index is 456. The predicted octanol–water partition coefficient (Wildman–Crippen LogP) is 2.35. The van der Waals surface area contributed by atoms with E-state index < -0.39 is 0 Å². The number of hydrogen-bond acceptors (Lipinski definition) is 5. The molecule has 4 nitrogen and oxygen atoms in total. The highest BCUT2D eigenvalue weighted by molar-refractivity contribution is 7.09. The van der Waals surface area contributed by atoms with Gasteiger partial charge in [0.25, 0.3) is 0 Å². The molecule has 86 valence electrons. The molecule has 0 atom stereocenters. The molecule has 0 bridgehead atoms. The van der Waals surface area contributed by atoms with Gasteiger partial charge in [-0.25, -0.2) is 4.98 Å². The molecular weight excluding hydrogens is 222 g/mol. The molecule has 2 aromatic heterocycles. The van der Waals surface area contributed by atoms with Crippen LogP contribution < -0.4 is 5.32 Å². The zero-order valence-electron chi connectivity index (χ0n) is 9.70. The summed E-state index contributed by atoms with van der Waals surface area (Å²) in [6.07, 6.45) is 0. The summed E-state index contributed by atoms with van der Waals surface area (Å²) in [5, 5.41) is 7.31. The molecule has 2 heterocycles.